The molecular formula is C16H16N2O3. The molecule has 0 spiro atoms. The molecule has 0 saturated heterocycles. The molecule has 21 heavy (non-hydrogen) atoms. The van der Waals surface area contributed by atoms with Gasteiger partial charge in [0, 0.05) is 18.3 Å². The minimum Gasteiger partial charge on any atom is -0.478 e. The number of nitrogens with two attached hydrogens (primary N) is 1. The lowest BCUT2D eigenvalue weighted by atomic mass is 10.1. The molecule has 5 nitrogen and oxygen atoms in total. The summed E-state index contributed by atoms with van der Waals surface area (Å²) in [7, 11) is 1.55. The normalized spacial score (nSPS) is 10.2. The minimum absolute atomic E-state index is 0.000524. The van der Waals surface area contributed by atoms with Crippen LogP contribution in [-0.2, 0) is 0 Å². The summed E-state index contributed by atoms with van der Waals surface area (Å²) in [4.78, 5) is 25.2. The van der Waals surface area contributed by atoms with Crippen molar-refractivity contribution in [1.82, 2.24) is 0 Å². The summed E-state index contributed by atoms with van der Waals surface area (Å²) in [5.41, 5.74) is 7.63. The van der Waals surface area contributed by atoms with Gasteiger partial charge in [0.1, 0.15) is 0 Å². The van der Waals surface area contributed by atoms with Crippen molar-refractivity contribution >= 4 is 23.3 Å². The van der Waals surface area contributed by atoms with Crippen LogP contribution in [0.25, 0.3) is 0 Å². The number of carboxylic acid groups (broad SMARTS) is 1. The topological polar surface area (TPSA) is 83.6 Å². The van der Waals surface area contributed by atoms with Crippen LogP contribution in [0.3, 0.4) is 0 Å². The first-order valence-corrected chi connectivity index (χ1v) is 6.38. The van der Waals surface area contributed by atoms with E-state index in [1.165, 1.54) is 17.0 Å². The van der Waals surface area contributed by atoms with Crippen LogP contribution in [0.15, 0.2) is 42.5 Å². The Bertz CT molecular complexity index is 710. The van der Waals surface area contributed by atoms with Crippen LogP contribution in [0, 0.1) is 6.92 Å². The van der Waals surface area contributed by atoms with Gasteiger partial charge in [0.05, 0.1) is 11.3 Å². The van der Waals surface area contributed by atoms with Gasteiger partial charge in [-0.25, -0.2) is 4.79 Å². The lowest BCUT2D eigenvalue weighted by Crippen LogP contribution is -2.28. The highest BCUT2D eigenvalue weighted by molar-refractivity contribution is 6.10. The van der Waals surface area contributed by atoms with Crippen LogP contribution < -0.4 is 10.6 Å². The van der Waals surface area contributed by atoms with E-state index in [4.69, 9.17) is 5.73 Å². The number of nitrogens with zero attached hydrogens (tertiary/aromatic N) is 1. The largest absolute Gasteiger partial charge is 0.478 e. The Balaban J connectivity index is 2.45. The maximum absolute atomic E-state index is 12.5. The number of carbonyl (C=O) groups is 2. The van der Waals surface area contributed by atoms with Crippen molar-refractivity contribution in [1.29, 1.82) is 0 Å². The zero-order valence-corrected chi connectivity index (χ0v) is 11.8. The zero-order valence-electron chi connectivity index (χ0n) is 11.8. The molecule has 1 amide bonds. The molecule has 0 radical (unpaired) electrons. The van der Waals surface area contributed by atoms with E-state index in [1.54, 1.807) is 25.2 Å². The molecule has 2 aromatic carbocycles. The molecule has 2 rings (SSSR count). The molecular weight excluding hydrogens is 268 g/mol. The Labute approximate surface area is 122 Å². The highest BCUT2D eigenvalue weighted by atomic mass is 16.4. The van der Waals surface area contributed by atoms with Gasteiger partial charge in [-0.1, -0.05) is 18.2 Å². The van der Waals surface area contributed by atoms with Gasteiger partial charge in [-0.3, -0.25) is 4.79 Å². The SMILES string of the molecule is Cc1ccccc1C(=O)N(C)c1ccc(N)cc1C(=O)O. The number of aryl methyl sites for hydroxylation is 1. The van der Waals surface area contributed by atoms with Crippen molar-refractivity contribution in [3.05, 3.63) is 59.2 Å². The molecule has 0 aliphatic carbocycles. The number of aromatic carboxylic acids is 1. The molecule has 2 aromatic rings. The first kappa shape index (κ1) is 14.6. The fourth-order valence-corrected chi connectivity index (χ4v) is 2.12. The highest BCUT2D eigenvalue weighted by Crippen LogP contribution is 2.24. The predicted molar refractivity (Wildman–Crippen MR) is 81.7 cm³/mol. The van der Waals surface area contributed by atoms with Gasteiger partial charge in [0.15, 0.2) is 0 Å². The van der Waals surface area contributed by atoms with Gasteiger partial charge in [-0.2, -0.15) is 0 Å². The quantitative estimate of drug-likeness (QED) is 0.848. The maximum Gasteiger partial charge on any atom is 0.337 e. The number of rotatable bonds is 3. The number of carboxylic acids is 1. The Hall–Kier alpha value is -2.82. The average molecular weight is 284 g/mol. The number of benzene rings is 2. The molecule has 5 heteroatoms. The fraction of sp³-hybridized carbons (Fsp3) is 0.125. The van der Waals surface area contributed by atoms with Crippen molar-refractivity contribution in [3.8, 4) is 0 Å². The number of amides is 1. The van der Waals surface area contributed by atoms with E-state index in [0.717, 1.165) is 5.56 Å². The minimum atomic E-state index is -1.12. The van der Waals surface area contributed by atoms with Gasteiger partial charge >= 0.3 is 5.97 Å². The molecule has 0 heterocycles. The van der Waals surface area contributed by atoms with Crippen LogP contribution in [-0.4, -0.2) is 24.0 Å². The maximum atomic E-state index is 12.5. The van der Waals surface area contributed by atoms with Gasteiger partial charge < -0.3 is 15.7 Å². The Morgan fingerprint density at radius 2 is 1.76 bits per heavy atom. The summed E-state index contributed by atoms with van der Waals surface area (Å²) in [6, 6.07) is 11.6. The van der Waals surface area contributed by atoms with E-state index in [1.807, 2.05) is 19.1 Å². The van der Waals surface area contributed by atoms with Crippen molar-refractivity contribution in [2.75, 3.05) is 17.7 Å². The third-order valence-electron chi connectivity index (χ3n) is 3.29. The van der Waals surface area contributed by atoms with Gasteiger partial charge in [0.2, 0.25) is 0 Å². The Morgan fingerprint density at radius 3 is 2.38 bits per heavy atom. The lowest BCUT2D eigenvalue weighted by molar-refractivity contribution is 0.0698. The summed E-state index contributed by atoms with van der Waals surface area (Å²) >= 11 is 0. The fourth-order valence-electron chi connectivity index (χ4n) is 2.12. The molecule has 0 unspecified atom stereocenters. The number of nitrogen functional groups attached to an aromatic ring is 1. The second-order valence-electron chi connectivity index (χ2n) is 4.76. The van der Waals surface area contributed by atoms with Crippen LogP contribution in [0.4, 0.5) is 11.4 Å². The smallest absolute Gasteiger partial charge is 0.337 e. The van der Waals surface area contributed by atoms with Gasteiger partial charge in [-0.15, -0.1) is 0 Å². The zero-order chi connectivity index (χ0) is 15.6. The molecule has 0 aromatic heterocycles. The van der Waals surface area contributed by atoms with Crippen LogP contribution in [0.1, 0.15) is 26.3 Å². The van der Waals surface area contributed by atoms with E-state index in [9.17, 15) is 14.7 Å². The highest BCUT2D eigenvalue weighted by Gasteiger charge is 2.20. The van der Waals surface area contributed by atoms with Gasteiger partial charge in [-0.05, 0) is 36.8 Å². The Morgan fingerprint density at radius 1 is 1.10 bits per heavy atom. The second kappa shape index (κ2) is 5.66. The number of carbonyl (C=O) groups excluding carboxylic acids is 1. The van der Waals surface area contributed by atoms with E-state index < -0.39 is 5.97 Å². The number of anilines is 2. The van der Waals surface area contributed by atoms with Crippen molar-refractivity contribution in [2.24, 2.45) is 0 Å². The van der Waals surface area contributed by atoms with Crippen LogP contribution in [0.2, 0.25) is 0 Å². The van der Waals surface area contributed by atoms with Crippen LogP contribution in [0.5, 0.6) is 0 Å². The summed E-state index contributed by atoms with van der Waals surface area (Å²) < 4.78 is 0. The molecule has 0 atom stereocenters. The first-order chi connectivity index (χ1) is 9.91. The third kappa shape index (κ3) is 2.86. The van der Waals surface area contributed by atoms with Crippen LogP contribution >= 0.6 is 0 Å². The lowest BCUT2D eigenvalue weighted by Gasteiger charge is -2.20. The monoisotopic (exact) mass is 284 g/mol. The standard InChI is InChI=1S/C16H16N2O3/c1-10-5-3-4-6-12(10)15(19)18(2)14-8-7-11(17)9-13(14)16(20)21/h3-9H,17H2,1-2H3,(H,20,21). The molecule has 0 aliphatic heterocycles. The molecule has 0 aliphatic rings. The molecule has 3 N–H and O–H groups in total. The van der Waals surface area contributed by atoms with E-state index in [2.05, 4.69) is 0 Å². The molecule has 0 bridgehead atoms. The van der Waals surface area contributed by atoms with Crippen molar-refractivity contribution < 1.29 is 14.7 Å². The van der Waals surface area contributed by atoms with Gasteiger partial charge in [0.25, 0.3) is 5.91 Å². The van der Waals surface area contributed by atoms with E-state index >= 15 is 0 Å². The van der Waals surface area contributed by atoms with Crippen molar-refractivity contribution in [2.45, 2.75) is 6.92 Å². The number of hydrogen-bond donors (Lipinski definition) is 2. The summed E-state index contributed by atoms with van der Waals surface area (Å²) in [5.74, 6) is -1.39. The first-order valence-electron chi connectivity index (χ1n) is 6.38. The van der Waals surface area contributed by atoms with E-state index in [0.29, 0.717) is 16.9 Å². The van der Waals surface area contributed by atoms with E-state index in [-0.39, 0.29) is 11.5 Å². The summed E-state index contributed by atoms with van der Waals surface area (Å²) in [6.07, 6.45) is 0. The average Bonchev–Trinajstić information content (AvgIpc) is 2.46. The van der Waals surface area contributed by atoms with Crippen molar-refractivity contribution in [3.63, 3.8) is 0 Å². The Kier molecular flexibility index (Phi) is 3.93. The molecule has 0 saturated carbocycles. The summed E-state index contributed by atoms with van der Waals surface area (Å²) in [6.45, 7) is 1.84. The second-order valence-corrected chi connectivity index (χ2v) is 4.76. The predicted octanol–water partition coefficient (Wildman–Crippen LogP) is 2.55. The number of hydrogen-bond acceptors (Lipinski definition) is 3. The summed E-state index contributed by atoms with van der Waals surface area (Å²) in [5, 5.41) is 9.25. The third-order valence-corrected chi connectivity index (χ3v) is 3.29. The molecule has 108 valence electrons. The molecule has 0 fully saturated rings.